The van der Waals surface area contributed by atoms with Crippen LogP contribution in [0.5, 0.6) is 5.75 Å². The first kappa shape index (κ1) is 18.7. The van der Waals surface area contributed by atoms with Gasteiger partial charge in [0.05, 0.1) is 12.6 Å². The predicted molar refractivity (Wildman–Crippen MR) is 100.0 cm³/mol. The first-order valence-corrected chi connectivity index (χ1v) is 9.63. The molecule has 1 unspecified atom stereocenters. The van der Waals surface area contributed by atoms with Gasteiger partial charge < -0.3 is 15.0 Å². The van der Waals surface area contributed by atoms with Gasteiger partial charge in [0.2, 0.25) is 11.8 Å². The molecule has 0 radical (unpaired) electrons. The van der Waals surface area contributed by atoms with Crippen LogP contribution >= 0.6 is 0 Å². The lowest BCUT2D eigenvalue weighted by Crippen LogP contribution is -2.55. The number of ether oxygens (including phenoxy) is 1. The number of benzene rings is 1. The standard InChI is InChI=1S/C20H29N3O3/c1-16(20(25)21-17-9-10-17)22-11-13-23(14-12-22)19(24)8-5-15-26-18-6-3-2-4-7-18/h2-4,6-7,16-17H,5,8-15H2,1H3,(H,21,25). The molecule has 6 heteroatoms. The molecule has 6 nitrogen and oxygen atoms in total. The van der Waals surface area contributed by atoms with Crippen LogP contribution in [-0.4, -0.2) is 66.5 Å². The average molecular weight is 359 g/mol. The number of nitrogens with zero attached hydrogens (tertiary/aromatic N) is 2. The fourth-order valence-corrected chi connectivity index (χ4v) is 3.16. The maximum Gasteiger partial charge on any atom is 0.237 e. The molecule has 0 spiro atoms. The SMILES string of the molecule is CC(C(=O)NC1CC1)N1CCN(C(=O)CCCOc2ccccc2)CC1. The number of nitrogens with one attached hydrogen (secondary N) is 1. The summed E-state index contributed by atoms with van der Waals surface area (Å²) < 4.78 is 5.63. The third kappa shape index (κ3) is 5.46. The fourth-order valence-electron chi connectivity index (χ4n) is 3.16. The smallest absolute Gasteiger partial charge is 0.237 e. The number of piperazine rings is 1. The average Bonchev–Trinajstić information content (AvgIpc) is 3.49. The van der Waals surface area contributed by atoms with Gasteiger partial charge in [-0.2, -0.15) is 0 Å². The Labute approximate surface area is 155 Å². The van der Waals surface area contributed by atoms with Crippen LogP contribution in [0.2, 0.25) is 0 Å². The van der Waals surface area contributed by atoms with E-state index in [4.69, 9.17) is 4.74 Å². The maximum absolute atomic E-state index is 12.3. The second-order valence-electron chi connectivity index (χ2n) is 7.14. The van der Waals surface area contributed by atoms with E-state index in [1.807, 2.05) is 42.2 Å². The normalized spacial score (nSPS) is 19.0. The minimum atomic E-state index is -0.118. The van der Waals surface area contributed by atoms with E-state index in [1.54, 1.807) is 0 Å². The monoisotopic (exact) mass is 359 g/mol. The molecule has 1 aromatic carbocycles. The lowest BCUT2D eigenvalue weighted by molar-refractivity contribution is -0.134. The van der Waals surface area contributed by atoms with Crippen molar-refractivity contribution in [2.75, 3.05) is 32.8 Å². The van der Waals surface area contributed by atoms with Crippen LogP contribution in [0.4, 0.5) is 0 Å². The van der Waals surface area contributed by atoms with Crippen molar-refractivity contribution in [3.63, 3.8) is 0 Å². The van der Waals surface area contributed by atoms with Crippen molar-refractivity contribution in [3.05, 3.63) is 30.3 Å². The molecule has 0 bridgehead atoms. The Morgan fingerprint density at radius 1 is 1.15 bits per heavy atom. The highest BCUT2D eigenvalue weighted by molar-refractivity contribution is 5.82. The molecule has 1 heterocycles. The van der Waals surface area contributed by atoms with E-state index >= 15 is 0 Å². The van der Waals surface area contributed by atoms with E-state index in [0.29, 0.717) is 38.6 Å². The minimum Gasteiger partial charge on any atom is -0.494 e. The zero-order valence-electron chi connectivity index (χ0n) is 15.5. The first-order chi connectivity index (χ1) is 12.6. The summed E-state index contributed by atoms with van der Waals surface area (Å²) in [5.74, 6) is 1.13. The highest BCUT2D eigenvalue weighted by atomic mass is 16.5. The van der Waals surface area contributed by atoms with Gasteiger partial charge in [-0.3, -0.25) is 14.5 Å². The largest absolute Gasteiger partial charge is 0.494 e. The summed E-state index contributed by atoms with van der Waals surface area (Å²) in [7, 11) is 0. The number of hydrogen-bond donors (Lipinski definition) is 1. The van der Waals surface area contributed by atoms with E-state index in [2.05, 4.69) is 10.2 Å². The second-order valence-corrected chi connectivity index (χ2v) is 7.14. The van der Waals surface area contributed by atoms with Gasteiger partial charge in [-0.15, -0.1) is 0 Å². The number of hydrogen-bond acceptors (Lipinski definition) is 4. The first-order valence-electron chi connectivity index (χ1n) is 9.63. The third-order valence-electron chi connectivity index (χ3n) is 5.06. The molecule has 1 atom stereocenters. The van der Waals surface area contributed by atoms with E-state index in [1.165, 1.54) is 0 Å². The predicted octanol–water partition coefficient (Wildman–Crippen LogP) is 1.66. The van der Waals surface area contributed by atoms with Crippen molar-refractivity contribution in [2.24, 2.45) is 0 Å². The fraction of sp³-hybridized carbons (Fsp3) is 0.600. The van der Waals surface area contributed by atoms with Gasteiger partial charge in [0.15, 0.2) is 0 Å². The summed E-state index contributed by atoms with van der Waals surface area (Å²) in [6.45, 7) is 5.40. The Balaban J connectivity index is 1.32. The van der Waals surface area contributed by atoms with Gasteiger partial charge in [-0.05, 0) is 38.3 Å². The van der Waals surface area contributed by atoms with Gasteiger partial charge in [-0.25, -0.2) is 0 Å². The van der Waals surface area contributed by atoms with E-state index in [0.717, 1.165) is 31.7 Å². The van der Waals surface area contributed by atoms with E-state index in [-0.39, 0.29) is 17.9 Å². The summed E-state index contributed by atoms with van der Waals surface area (Å²) in [5.41, 5.74) is 0. The summed E-state index contributed by atoms with van der Waals surface area (Å²) in [4.78, 5) is 28.6. The molecule has 2 amide bonds. The zero-order chi connectivity index (χ0) is 18.4. The molecule has 3 rings (SSSR count). The molecule has 1 N–H and O–H groups in total. The molecule has 1 aromatic rings. The third-order valence-corrected chi connectivity index (χ3v) is 5.06. The Hall–Kier alpha value is -2.08. The van der Waals surface area contributed by atoms with Crippen LogP contribution in [0, 0.1) is 0 Å². The van der Waals surface area contributed by atoms with Crippen molar-refractivity contribution in [1.82, 2.24) is 15.1 Å². The highest BCUT2D eigenvalue weighted by Gasteiger charge is 2.30. The minimum absolute atomic E-state index is 0.116. The Kier molecular flexibility index (Phi) is 6.50. The molecule has 1 saturated carbocycles. The van der Waals surface area contributed by atoms with Gasteiger partial charge in [0.1, 0.15) is 5.75 Å². The number of amides is 2. The maximum atomic E-state index is 12.3. The van der Waals surface area contributed by atoms with E-state index in [9.17, 15) is 9.59 Å². The van der Waals surface area contributed by atoms with Crippen molar-refractivity contribution < 1.29 is 14.3 Å². The molecular weight excluding hydrogens is 330 g/mol. The molecule has 1 aliphatic heterocycles. The van der Waals surface area contributed by atoms with Gasteiger partial charge in [0.25, 0.3) is 0 Å². The number of para-hydroxylation sites is 1. The lowest BCUT2D eigenvalue weighted by Gasteiger charge is -2.37. The quantitative estimate of drug-likeness (QED) is 0.717. The van der Waals surface area contributed by atoms with Crippen LogP contribution < -0.4 is 10.1 Å². The summed E-state index contributed by atoms with van der Waals surface area (Å²) in [5, 5.41) is 3.06. The summed E-state index contributed by atoms with van der Waals surface area (Å²) >= 11 is 0. The van der Waals surface area contributed by atoms with Crippen molar-refractivity contribution in [1.29, 1.82) is 0 Å². The number of carbonyl (C=O) groups excluding carboxylic acids is 2. The highest BCUT2D eigenvalue weighted by Crippen LogP contribution is 2.19. The van der Waals surface area contributed by atoms with Crippen LogP contribution in [0.25, 0.3) is 0 Å². The molecule has 0 aromatic heterocycles. The molecule has 1 aliphatic carbocycles. The number of rotatable bonds is 8. The summed E-state index contributed by atoms with van der Waals surface area (Å²) in [6, 6.07) is 9.94. The Morgan fingerprint density at radius 3 is 2.50 bits per heavy atom. The van der Waals surface area contributed by atoms with Gasteiger partial charge >= 0.3 is 0 Å². The Bertz CT molecular complexity index is 596. The Morgan fingerprint density at radius 2 is 1.85 bits per heavy atom. The molecule has 1 saturated heterocycles. The van der Waals surface area contributed by atoms with Gasteiger partial charge in [-0.1, -0.05) is 18.2 Å². The lowest BCUT2D eigenvalue weighted by atomic mass is 10.2. The van der Waals surface area contributed by atoms with Crippen LogP contribution in [0.15, 0.2) is 30.3 Å². The number of carbonyl (C=O) groups is 2. The van der Waals surface area contributed by atoms with Crippen molar-refractivity contribution in [2.45, 2.75) is 44.7 Å². The zero-order valence-corrected chi connectivity index (χ0v) is 15.5. The summed E-state index contributed by atoms with van der Waals surface area (Å²) in [6.07, 6.45) is 3.43. The topological polar surface area (TPSA) is 61.9 Å². The molecule has 26 heavy (non-hydrogen) atoms. The van der Waals surface area contributed by atoms with Crippen molar-refractivity contribution >= 4 is 11.8 Å². The van der Waals surface area contributed by atoms with Gasteiger partial charge in [0, 0.05) is 38.6 Å². The van der Waals surface area contributed by atoms with E-state index < -0.39 is 0 Å². The van der Waals surface area contributed by atoms with Crippen LogP contribution in [0.1, 0.15) is 32.6 Å². The second kappa shape index (κ2) is 9.03. The van der Waals surface area contributed by atoms with Crippen LogP contribution in [-0.2, 0) is 9.59 Å². The van der Waals surface area contributed by atoms with Crippen LogP contribution in [0.3, 0.4) is 0 Å². The molecule has 2 aliphatic rings. The van der Waals surface area contributed by atoms with Crippen molar-refractivity contribution in [3.8, 4) is 5.75 Å². The molecular formula is C20H29N3O3. The molecule has 142 valence electrons. The molecule has 2 fully saturated rings.